The van der Waals surface area contributed by atoms with E-state index >= 15 is 0 Å². The maximum atomic E-state index is 11.2. The number of carbonyl (C=O) groups is 1. The second kappa shape index (κ2) is 9.61. The zero-order valence-electron chi connectivity index (χ0n) is 15.4. The zero-order chi connectivity index (χ0) is 19.9. The summed E-state index contributed by atoms with van der Waals surface area (Å²) in [6, 6.07) is 17.6. The molecule has 6 nitrogen and oxygen atoms in total. The first kappa shape index (κ1) is 20.2. The lowest BCUT2D eigenvalue weighted by atomic mass is 10.1. The molecule has 0 aliphatic carbocycles. The van der Waals surface area contributed by atoms with Gasteiger partial charge in [-0.15, -0.1) is 10.2 Å². The Morgan fingerprint density at radius 2 is 2.00 bits per heavy atom. The fourth-order valence-electron chi connectivity index (χ4n) is 2.64. The number of carboxylic acids is 1. The summed E-state index contributed by atoms with van der Waals surface area (Å²) in [5.41, 5.74) is 2.09. The molecule has 0 amide bonds. The van der Waals surface area contributed by atoms with Crippen molar-refractivity contribution in [2.75, 3.05) is 5.32 Å². The van der Waals surface area contributed by atoms with Crippen molar-refractivity contribution in [3.8, 4) is 0 Å². The summed E-state index contributed by atoms with van der Waals surface area (Å²) >= 11 is 7.23. The molecule has 0 saturated heterocycles. The molecule has 3 aromatic rings. The van der Waals surface area contributed by atoms with Crippen molar-refractivity contribution in [3.63, 3.8) is 0 Å². The van der Waals surface area contributed by atoms with Crippen LogP contribution in [0.5, 0.6) is 0 Å². The maximum absolute atomic E-state index is 11.2. The summed E-state index contributed by atoms with van der Waals surface area (Å²) in [6.07, 6.45) is 0.804. The first-order valence-corrected chi connectivity index (χ1v) is 10.1. The van der Waals surface area contributed by atoms with Gasteiger partial charge in [-0.3, -0.25) is 4.79 Å². The Morgan fingerprint density at radius 1 is 1.21 bits per heavy atom. The molecule has 8 heteroatoms. The van der Waals surface area contributed by atoms with Crippen molar-refractivity contribution in [2.24, 2.45) is 0 Å². The van der Waals surface area contributed by atoms with Crippen LogP contribution in [0.25, 0.3) is 0 Å². The second-order valence-electron chi connectivity index (χ2n) is 6.25. The SMILES string of the molecule is CC(Sc1nnc(CNc2cccc(Cl)c2)n1CCc1ccccc1)C(=O)O. The normalized spacial score (nSPS) is 11.9. The largest absolute Gasteiger partial charge is 0.480 e. The molecular formula is C20H21ClN4O2S. The van der Waals surface area contributed by atoms with E-state index in [9.17, 15) is 9.90 Å². The average molecular weight is 417 g/mol. The molecule has 3 rings (SSSR count). The monoisotopic (exact) mass is 416 g/mol. The van der Waals surface area contributed by atoms with Gasteiger partial charge in [-0.2, -0.15) is 0 Å². The fraction of sp³-hybridized carbons (Fsp3) is 0.250. The van der Waals surface area contributed by atoms with Gasteiger partial charge in [0.25, 0.3) is 0 Å². The van der Waals surface area contributed by atoms with E-state index < -0.39 is 11.2 Å². The summed E-state index contributed by atoms with van der Waals surface area (Å²) in [6.45, 7) is 2.77. The highest BCUT2D eigenvalue weighted by molar-refractivity contribution is 8.00. The fourth-order valence-corrected chi connectivity index (χ4v) is 3.65. The molecule has 1 heterocycles. The number of carboxylic acid groups (broad SMARTS) is 1. The van der Waals surface area contributed by atoms with Crippen molar-refractivity contribution in [2.45, 2.75) is 36.8 Å². The third-order valence-corrected chi connectivity index (χ3v) is 5.47. The van der Waals surface area contributed by atoms with Crippen LogP contribution >= 0.6 is 23.4 Å². The Kier molecular flexibility index (Phi) is 6.95. The molecule has 0 spiro atoms. The van der Waals surface area contributed by atoms with Crippen LogP contribution in [0.2, 0.25) is 5.02 Å². The molecule has 0 radical (unpaired) electrons. The van der Waals surface area contributed by atoms with Crippen molar-refractivity contribution in [1.82, 2.24) is 14.8 Å². The summed E-state index contributed by atoms with van der Waals surface area (Å²) in [4.78, 5) is 11.2. The highest BCUT2D eigenvalue weighted by Gasteiger charge is 2.19. The van der Waals surface area contributed by atoms with Gasteiger partial charge in [-0.25, -0.2) is 0 Å². The van der Waals surface area contributed by atoms with Crippen molar-refractivity contribution in [3.05, 3.63) is 71.0 Å². The van der Waals surface area contributed by atoms with Gasteiger partial charge in [0.2, 0.25) is 0 Å². The Bertz CT molecular complexity index is 933. The van der Waals surface area contributed by atoms with E-state index in [2.05, 4.69) is 27.6 Å². The number of benzene rings is 2. The van der Waals surface area contributed by atoms with E-state index in [0.717, 1.165) is 17.9 Å². The molecule has 1 atom stereocenters. The quantitative estimate of drug-likeness (QED) is 0.505. The summed E-state index contributed by atoms with van der Waals surface area (Å²) in [5.74, 6) is -0.128. The minimum atomic E-state index is -0.874. The van der Waals surface area contributed by atoms with E-state index in [1.165, 1.54) is 17.3 Å². The molecule has 0 aliphatic rings. The first-order valence-electron chi connectivity index (χ1n) is 8.88. The molecule has 0 aliphatic heterocycles. The van der Waals surface area contributed by atoms with Crippen LogP contribution in [0, 0.1) is 0 Å². The maximum Gasteiger partial charge on any atom is 0.316 e. The van der Waals surface area contributed by atoms with E-state index in [-0.39, 0.29) is 0 Å². The molecule has 0 fully saturated rings. The van der Waals surface area contributed by atoms with Crippen LogP contribution < -0.4 is 5.32 Å². The van der Waals surface area contributed by atoms with Crippen molar-refractivity contribution >= 4 is 35.0 Å². The number of rotatable bonds is 9. The smallest absolute Gasteiger partial charge is 0.316 e. The van der Waals surface area contributed by atoms with Crippen LogP contribution in [0.15, 0.2) is 59.8 Å². The average Bonchev–Trinajstić information content (AvgIpc) is 3.07. The van der Waals surface area contributed by atoms with Gasteiger partial charge >= 0.3 is 5.97 Å². The third kappa shape index (κ3) is 5.50. The molecule has 28 heavy (non-hydrogen) atoms. The number of aliphatic carboxylic acids is 1. The molecule has 146 valence electrons. The van der Waals surface area contributed by atoms with Crippen LogP contribution in [0.1, 0.15) is 18.3 Å². The number of anilines is 1. The van der Waals surface area contributed by atoms with Gasteiger partial charge in [0.05, 0.1) is 6.54 Å². The van der Waals surface area contributed by atoms with Crippen molar-refractivity contribution < 1.29 is 9.90 Å². The Labute approximate surface area is 172 Å². The first-order chi connectivity index (χ1) is 13.5. The van der Waals surface area contributed by atoms with Crippen LogP contribution in [-0.4, -0.2) is 31.1 Å². The van der Waals surface area contributed by atoms with Crippen LogP contribution in [0.4, 0.5) is 5.69 Å². The van der Waals surface area contributed by atoms with Gasteiger partial charge in [-0.05, 0) is 37.1 Å². The lowest BCUT2D eigenvalue weighted by Crippen LogP contribution is -2.15. The molecule has 0 saturated carbocycles. The van der Waals surface area contributed by atoms with Crippen molar-refractivity contribution in [1.29, 1.82) is 0 Å². The Morgan fingerprint density at radius 3 is 2.71 bits per heavy atom. The molecule has 2 aromatic carbocycles. The zero-order valence-corrected chi connectivity index (χ0v) is 17.0. The molecule has 1 unspecified atom stereocenters. The molecule has 1 aromatic heterocycles. The minimum absolute atomic E-state index is 0.462. The number of aromatic nitrogens is 3. The number of hydrogen-bond donors (Lipinski definition) is 2. The summed E-state index contributed by atoms with van der Waals surface area (Å²) in [5, 5.41) is 21.7. The van der Waals surface area contributed by atoms with E-state index in [1.807, 2.05) is 47.0 Å². The molecule has 2 N–H and O–H groups in total. The number of nitrogens with one attached hydrogen (secondary N) is 1. The number of nitrogens with zero attached hydrogens (tertiary/aromatic N) is 3. The number of aryl methyl sites for hydroxylation is 1. The van der Waals surface area contributed by atoms with E-state index in [0.29, 0.717) is 23.3 Å². The van der Waals surface area contributed by atoms with E-state index in [1.54, 1.807) is 6.92 Å². The lowest BCUT2D eigenvalue weighted by Gasteiger charge is -2.13. The summed E-state index contributed by atoms with van der Waals surface area (Å²) in [7, 11) is 0. The predicted octanol–water partition coefficient (Wildman–Crippen LogP) is 4.35. The third-order valence-electron chi connectivity index (χ3n) is 4.17. The summed E-state index contributed by atoms with van der Waals surface area (Å²) < 4.78 is 1.98. The highest BCUT2D eigenvalue weighted by atomic mass is 35.5. The predicted molar refractivity (Wildman–Crippen MR) is 112 cm³/mol. The van der Waals surface area contributed by atoms with Gasteiger partial charge in [0, 0.05) is 17.3 Å². The lowest BCUT2D eigenvalue weighted by molar-refractivity contribution is -0.136. The Hall–Kier alpha value is -2.51. The van der Waals surface area contributed by atoms with Gasteiger partial charge in [0.15, 0.2) is 11.0 Å². The number of halogens is 1. The molecular weight excluding hydrogens is 396 g/mol. The van der Waals surface area contributed by atoms with E-state index in [4.69, 9.17) is 11.6 Å². The standard InChI is InChI=1S/C20H21ClN4O2S/c1-14(19(26)27)28-20-24-23-18(13-22-17-9-5-8-16(21)12-17)25(20)11-10-15-6-3-2-4-7-15/h2-9,12,14,22H,10-11,13H2,1H3,(H,26,27). The minimum Gasteiger partial charge on any atom is -0.480 e. The number of hydrogen-bond acceptors (Lipinski definition) is 5. The second-order valence-corrected chi connectivity index (χ2v) is 7.99. The molecule has 0 bridgehead atoms. The van der Waals surface area contributed by atoms with Crippen LogP contribution in [-0.2, 0) is 24.3 Å². The van der Waals surface area contributed by atoms with Gasteiger partial charge < -0.3 is 15.0 Å². The Balaban J connectivity index is 1.77. The highest BCUT2D eigenvalue weighted by Crippen LogP contribution is 2.24. The van der Waals surface area contributed by atoms with Gasteiger partial charge in [-0.1, -0.05) is 59.8 Å². The topological polar surface area (TPSA) is 80.0 Å². The van der Waals surface area contributed by atoms with Crippen LogP contribution in [0.3, 0.4) is 0 Å². The number of thioether (sulfide) groups is 1. The van der Waals surface area contributed by atoms with Gasteiger partial charge in [0.1, 0.15) is 5.25 Å².